The Morgan fingerprint density at radius 2 is 1.90 bits per heavy atom. The molecule has 21 heavy (non-hydrogen) atoms. The zero-order valence-electron chi connectivity index (χ0n) is 10.9. The quantitative estimate of drug-likeness (QED) is 0.586. The molecule has 0 fully saturated rings. The number of anilines is 1. The van der Waals surface area contributed by atoms with Crippen molar-refractivity contribution >= 4 is 49.1 Å². The summed E-state index contributed by atoms with van der Waals surface area (Å²) in [5.41, 5.74) is 1.42. The molecule has 0 heterocycles. The summed E-state index contributed by atoms with van der Waals surface area (Å²) in [6.07, 6.45) is 0. The first-order valence-electron chi connectivity index (χ1n) is 5.90. The highest BCUT2D eigenvalue weighted by Gasteiger charge is 2.17. The third kappa shape index (κ3) is 3.68. The predicted molar refractivity (Wildman–Crippen MR) is 87.6 cm³/mol. The zero-order valence-corrected chi connectivity index (χ0v) is 14.1. The molecule has 0 aromatic heterocycles. The number of carbonyl (C=O) groups is 1. The van der Waals surface area contributed by atoms with Crippen molar-refractivity contribution in [2.75, 3.05) is 5.32 Å². The molecule has 0 saturated carbocycles. The third-order valence-corrected chi connectivity index (χ3v) is 4.19. The van der Waals surface area contributed by atoms with Crippen LogP contribution in [0.4, 0.5) is 11.4 Å². The number of nitro groups is 1. The van der Waals surface area contributed by atoms with Gasteiger partial charge in [0, 0.05) is 20.6 Å². The Morgan fingerprint density at radius 3 is 2.52 bits per heavy atom. The lowest BCUT2D eigenvalue weighted by molar-refractivity contribution is -0.384. The van der Waals surface area contributed by atoms with Crippen molar-refractivity contribution in [3.8, 4) is 0 Å². The highest BCUT2D eigenvalue weighted by Crippen LogP contribution is 2.28. The molecule has 2 aromatic carbocycles. The predicted octanol–water partition coefficient (Wildman–Crippen LogP) is 4.68. The fourth-order valence-electron chi connectivity index (χ4n) is 1.69. The molecule has 0 saturated heterocycles. The second kappa shape index (κ2) is 6.36. The summed E-state index contributed by atoms with van der Waals surface area (Å²) in [5.74, 6) is -0.402. The second-order valence-corrected chi connectivity index (χ2v) is 6.11. The number of hydrogen-bond donors (Lipinski definition) is 1. The van der Waals surface area contributed by atoms with E-state index in [1.54, 1.807) is 24.3 Å². The lowest BCUT2D eigenvalue weighted by Gasteiger charge is -2.07. The number of benzene rings is 2. The van der Waals surface area contributed by atoms with Crippen molar-refractivity contribution in [2.24, 2.45) is 0 Å². The normalized spacial score (nSPS) is 10.2. The van der Waals surface area contributed by atoms with Gasteiger partial charge in [-0.3, -0.25) is 14.9 Å². The van der Waals surface area contributed by atoms with Crippen LogP contribution in [0.5, 0.6) is 0 Å². The van der Waals surface area contributed by atoms with Crippen LogP contribution in [-0.2, 0) is 0 Å². The molecule has 0 aliphatic rings. The summed E-state index contributed by atoms with van der Waals surface area (Å²) in [4.78, 5) is 22.7. The van der Waals surface area contributed by atoms with Gasteiger partial charge >= 0.3 is 0 Å². The first kappa shape index (κ1) is 15.7. The van der Waals surface area contributed by atoms with Crippen molar-refractivity contribution in [1.29, 1.82) is 0 Å². The van der Waals surface area contributed by atoms with Gasteiger partial charge in [-0.2, -0.15) is 0 Å². The van der Waals surface area contributed by atoms with Crippen molar-refractivity contribution in [2.45, 2.75) is 6.92 Å². The summed E-state index contributed by atoms with van der Waals surface area (Å²) in [5, 5.41) is 13.6. The van der Waals surface area contributed by atoms with Crippen molar-refractivity contribution < 1.29 is 9.72 Å². The summed E-state index contributed by atoms with van der Waals surface area (Å²) in [7, 11) is 0. The van der Waals surface area contributed by atoms with E-state index in [9.17, 15) is 14.9 Å². The summed E-state index contributed by atoms with van der Waals surface area (Å²) < 4.78 is 1.38. The standard InChI is InChI=1S/C14H10Br2N2O3/c1-8-2-3-9(6-11(8)16)14(19)17-12-5-4-10(15)7-13(12)18(20)21/h2-7H,1H3,(H,17,19). The fraction of sp³-hybridized carbons (Fsp3) is 0.0714. The van der Waals surface area contributed by atoms with Gasteiger partial charge in [0.05, 0.1) is 4.92 Å². The molecule has 108 valence electrons. The van der Waals surface area contributed by atoms with E-state index < -0.39 is 10.8 Å². The molecule has 7 heteroatoms. The molecule has 1 N–H and O–H groups in total. The Hall–Kier alpha value is -1.73. The minimum absolute atomic E-state index is 0.157. The number of hydrogen-bond acceptors (Lipinski definition) is 3. The van der Waals surface area contributed by atoms with E-state index in [0.717, 1.165) is 10.0 Å². The van der Waals surface area contributed by atoms with Gasteiger partial charge in [0.1, 0.15) is 5.69 Å². The van der Waals surface area contributed by atoms with Gasteiger partial charge in [-0.15, -0.1) is 0 Å². The second-order valence-electron chi connectivity index (χ2n) is 4.34. The highest BCUT2D eigenvalue weighted by atomic mass is 79.9. The summed E-state index contributed by atoms with van der Waals surface area (Å²) in [6, 6.07) is 9.61. The van der Waals surface area contributed by atoms with Gasteiger partial charge in [0.15, 0.2) is 0 Å². The van der Waals surface area contributed by atoms with Crippen LogP contribution in [0.1, 0.15) is 15.9 Å². The number of halogens is 2. The maximum absolute atomic E-state index is 12.2. The number of nitro benzene ring substituents is 1. The van der Waals surface area contributed by atoms with Crippen LogP contribution in [0.2, 0.25) is 0 Å². The van der Waals surface area contributed by atoms with E-state index >= 15 is 0 Å². The summed E-state index contributed by atoms with van der Waals surface area (Å²) in [6.45, 7) is 1.91. The Labute approximate surface area is 137 Å². The maximum Gasteiger partial charge on any atom is 0.293 e. The van der Waals surface area contributed by atoms with Crippen LogP contribution in [-0.4, -0.2) is 10.8 Å². The lowest BCUT2D eigenvalue weighted by atomic mass is 10.1. The van der Waals surface area contributed by atoms with Crippen LogP contribution in [0.15, 0.2) is 45.3 Å². The first-order chi connectivity index (χ1) is 9.88. The molecule has 1 amide bonds. The third-order valence-electron chi connectivity index (χ3n) is 2.84. The van der Waals surface area contributed by atoms with Crippen LogP contribution in [0, 0.1) is 17.0 Å². The lowest BCUT2D eigenvalue weighted by Crippen LogP contribution is -2.13. The number of nitrogens with one attached hydrogen (secondary N) is 1. The van der Waals surface area contributed by atoms with E-state index in [1.807, 2.05) is 6.92 Å². The molecule has 5 nitrogen and oxygen atoms in total. The van der Waals surface area contributed by atoms with Crippen LogP contribution >= 0.6 is 31.9 Å². The smallest absolute Gasteiger partial charge is 0.293 e. The minimum Gasteiger partial charge on any atom is -0.316 e. The molecule has 2 rings (SSSR count). The molecular weight excluding hydrogens is 404 g/mol. The molecule has 0 atom stereocenters. The maximum atomic E-state index is 12.2. The first-order valence-corrected chi connectivity index (χ1v) is 7.48. The topological polar surface area (TPSA) is 72.2 Å². The molecule has 2 aromatic rings. The molecule has 0 aliphatic carbocycles. The fourth-order valence-corrected chi connectivity index (χ4v) is 2.42. The molecule has 0 bridgehead atoms. The van der Waals surface area contributed by atoms with Crippen LogP contribution in [0.3, 0.4) is 0 Å². The van der Waals surface area contributed by atoms with E-state index in [4.69, 9.17) is 0 Å². The Balaban J connectivity index is 2.31. The molecular formula is C14H10Br2N2O3. The molecule has 0 aliphatic heterocycles. The van der Waals surface area contributed by atoms with Crippen molar-refractivity contribution in [3.63, 3.8) is 0 Å². The number of aryl methyl sites for hydroxylation is 1. The van der Waals surface area contributed by atoms with Crippen LogP contribution < -0.4 is 5.32 Å². The molecule has 0 spiro atoms. The average molecular weight is 414 g/mol. The van der Waals surface area contributed by atoms with E-state index in [0.29, 0.717) is 10.0 Å². The van der Waals surface area contributed by atoms with Gasteiger partial charge in [0.25, 0.3) is 11.6 Å². The van der Waals surface area contributed by atoms with Gasteiger partial charge in [-0.1, -0.05) is 37.9 Å². The van der Waals surface area contributed by atoms with Crippen LogP contribution in [0.25, 0.3) is 0 Å². The summed E-state index contributed by atoms with van der Waals surface area (Å²) >= 11 is 6.52. The van der Waals surface area contributed by atoms with Gasteiger partial charge in [-0.25, -0.2) is 0 Å². The Bertz CT molecular complexity index is 732. The monoisotopic (exact) mass is 412 g/mol. The SMILES string of the molecule is Cc1ccc(C(=O)Nc2ccc(Br)cc2[N+](=O)[O-])cc1Br. The van der Waals surface area contributed by atoms with Gasteiger partial charge in [-0.05, 0) is 36.8 Å². The number of amides is 1. The van der Waals surface area contributed by atoms with Gasteiger partial charge < -0.3 is 5.32 Å². The Kier molecular flexibility index (Phi) is 4.74. The average Bonchev–Trinajstić information content (AvgIpc) is 2.43. The van der Waals surface area contributed by atoms with Crippen molar-refractivity contribution in [1.82, 2.24) is 0 Å². The van der Waals surface area contributed by atoms with E-state index in [2.05, 4.69) is 37.2 Å². The van der Waals surface area contributed by atoms with Crippen molar-refractivity contribution in [3.05, 3.63) is 66.6 Å². The molecule has 0 unspecified atom stereocenters. The Morgan fingerprint density at radius 1 is 1.19 bits per heavy atom. The van der Waals surface area contributed by atoms with Gasteiger partial charge in [0.2, 0.25) is 0 Å². The number of rotatable bonds is 3. The highest BCUT2D eigenvalue weighted by molar-refractivity contribution is 9.10. The zero-order chi connectivity index (χ0) is 15.6. The number of carbonyl (C=O) groups excluding carboxylic acids is 1. The van der Waals surface area contributed by atoms with E-state index in [-0.39, 0.29) is 11.4 Å². The largest absolute Gasteiger partial charge is 0.316 e. The minimum atomic E-state index is -0.536. The molecule has 0 radical (unpaired) electrons. The number of nitrogens with zero attached hydrogens (tertiary/aromatic N) is 1. The van der Waals surface area contributed by atoms with E-state index in [1.165, 1.54) is 12.1 Å².